The summed E-state index contributed by atoms with van der Waals surface area (Å²) in [5.41, 5.74) is 4.83. The Balaban J connectivity index is 1.94. The second-order valence-corrected chi connectivity index (χ2v) is 6.02. The molecule has 2 N–H and O–H groups in total. The van der Waals surface area contributed by atoms with Gasteiger partial charge in [0.15, 0.2) is 0 Å². The number of amides is 1. The summed E-state index contributed by atoms with van der Waals surface area (Å²) in [4.78, 5) is 13.8. The number of rotatable bonds is 1. The first kappa shape index (κ1) is 14.4. The number of benzene rings is 1. The number of hydrogen-bond acceptors (Lipinski definition) is 2. The predicted molar refractivity (Wildman–Crippen MR) is 72.5 cm³/mol. The lowest BCUT2D eigenvalue weighted by Gasteiger charge is -2.36. The first-order valence-corrected chi connectivity index (χ1v) is 7.10. The molecule has 114 valence electrons. The monoisotopic (exact) mass is 298 g/mol. The quantitative estimate of drug-likeness (QED) is 0.866. The number of carbonyl (C=O) groups excluding carboxylic acids is 1. The van der Waals surface area contributed by atoms with Gasteiger partial charge in [0.2, 0.25) is 5.91 Å². The van der Waals surface area contributed by atoms with Crippen LogP contribution in [0.3, 0.4) is 0 Å². The molecule has 1 spiro atoms. The van der Waals surface area contributed by atoms with Crippen LogP contribution in [0.5, 0.6) is 0 Å². The third-order valence-electron chi connectivity index (χ3n) is 4.60. The van der Waals surface area contributed by atoms with Crippen LogP contribution in [0.2, 0.25) is 0 Å². The fourth-order valence-corrected chi connectivity index (χ4v) is 3.57. The van der Waals surface area contributed by atoms with Gasteiger partial charge in [-0.25, -0.2) is 13.2 Å². The molecule has 1 aromatic rings. The Bertz CT molecular complexity index is 560. The number of halogens is 3. The maximum atomic E-state index is 14.5. The summed E-state index contributed by atoms with van der Waals surface area (Å²) in [5, 5.41) is 0. The molecular formula is C15H17F3N2O. The first-order chi connectivity index (χ1) is 9.92. The van der Waals surface area contributed by atoms with E-state index in [1.807, 2.05) is 0 Å². The highest BCUT2D eigenvalue weighted by atomic mass is 19.1. The van der Waals surface area contributed by atoms with Gasteiger partial charge in [-0.1, -0.05) is 6.42 Å². The van der Waals surface area contributed by atoms with Crippen LogP contribution in [0, 0.1) is 17.0 Å². The number of anilines is 1. The van der Waals surface area contributed by atoms with Crippen LogP contribution >= 0.6 is 0 Å². The first-order valence-electron chi connectivity index (χ1n) is 7.10. The standard InChI is InChI=1S/C15H17F3N2O/c16-9-4-10(17)6-12(5-9)20-8-13(18)15(14(20)21)3-1-2-11(19)7-15/h4-6,11,13H,1-3,7-8,19H2. The molecule has 2 fully saturated rings. The molecule has 1 aliphatic carbocycles. The number of carbonyl (C=O) groups is 1. The largest absolute Gasteiger partial charge is 0.328 e. The molecule has 0 aromatic heterocycles. The fraction of sp³-hybridized carbons (Fsp3) is 0.533. The van der Waals surface area contributed by atoms with E-state index >= 15 is 0 Å². The van der Waals surface area contributed by atoms with E-state index in [-0.39, 0.29) is 18.3 Å². The van der Waals surface area contributed by atoms with E-state index in [1.165, 1.54) is 0 Å². The van der Waals surface area contributed by atoms with Crippen molar-refractivity contribution >= 4 is 11.6 Å². The molecule has 3 rings (SSSR count). The SMILES string of the molecule is NC1CCCC2(C1)C(=O)N(c1cc(F)cc(F)c1)CC2F. The predicted octanol–water partition coefficient (Wildman–Crippen LogP) is 2.54. The molecule has 6 heteroatoms. The van der Waals surface area contributed by atoms with Crippen LogP contribution < -0.4 is 10.6 Å². The number of alkyl halides is 1. The summed E-state index contributed by atoms with van der Waals surface area (Å²) in [7, 11) is 0. The van der Waals surface area contributed by atoms with E-state index in [0.717, 1.165) is 29.5 Å². The normalized spacial score (nSPS) is 33.0. The van der Waals surface area contributed by atoms with Crippen molar-refractivity contribution in [2.75, 3.05) is 11.4 Å². The van der Waals surface area contributed by atoms with E-state index in [9.17, 15) is 18.0 Å². The van der Waals surface area contributed by atoms with Gasteiger partial charge in [-0.2, -0.15) is 0 Å². The molecule has 1 heterocycles. The average molecular weight is 298 g/mol. The molecule has 1 amide bonds. The molecule has 21 heavy (non-hydrogen) atoms. The van der Waals surface area contributed by atoms with Crippen molar-refractivity contribution in [1.82, 2.24) is 0 Å². The molecule has 1 saturated carbocycles. The van der Waals surface area contributed by atoms with Crippen LogP contribution in [0.25, 0.3) is 0 Å². The summed E-state index contributed by atoms with van der Waals surface area (Å²) in [5.74, 6) is -1.97. The van der Waals surface area contributed by atoms with Crippen LogP contribution in [0.4, 0.5) is 18.9 Å². The Kier molecular flexibility index (Phi) is 3.43. The minimum absolute atomic E-state index is 0.0659. The number of nitrogens with zero attached hydrogens (tertiary/aromatic N) is 1. The summed E-state index contributed by atoms with van der Waals surface area (Å²) < 4.78 is 41.1. The van der Waals surface area contributed by atoms with Gasteiger partial charge in [0, 0.05) is 17.8 Å². The van der Waals surface area contributed by atoms with E-state index in [2.05, 4.69) is 0 Å². The molecule has 1 saturated heterocycles. The van der Waals surface area contributed by atoms with E-state index in [4.69, 9.17) is 5.73 Å². The topological polar surface area (TPSA) is 46.3 Å². The lowest BCUT2D eigenvalue weighted by Crippen LogP contribution is -2.45. The van der Waals surface area contributed by atoms with Crippen molar-refractivity contribution in [3.8, 4) is 0 Å². The number of nitrogens with two attached hydrogens (primary N) is 1. The van der Waals surface area contributed by atoms with Crippen LogP contribution in [0.15, 0.2) is 18.2 Å². The van der Waals surface area contributed by atoms with Gasteiger partial charge in [0.1, 0.15) is 17.8 Å². The van der Waals surface area contributed by atoms with E-state index in [0.29, 0.717) is 19.3 Å². The Hall–Kier alpha value is -1.56. The van der Waals surface area contributed by atoms with Crippen molar-refractivity contribution in [3.05, 3.63) is 29.8 Å². The van der Waals surface area contributed by atoms with Crippen LogP contribution in [-0.2, 0) is 4.79 Å². The number of hydrogen-bond donors (Lipinski definition) is 1. The summed E-state index contributed by atoms with van der Waals surface area (Å²) in [6, 6.07) is 2.62. The van der Waals surface area contributed by atoms with Gasteiger partial charge in [0.05, 0.1) is 12.0 Å². The molecule has 0 bridgehead atoms. The lowest BCUT2D eigenvalue weighted by atomic mass is 9.70. The van der Waals surface area contributed by atoms with Gasteiger partial charge >= 0.3 is 0 Å². The van der Waals surface area contributed by atoms with Gasteiger partial charge in [-0.05, 0) is 31.4 Å². The molecule has 3 unspecified atom stereocenters. The Labute approximate surface area is 120 Å². The van der Waals surface area contributed by atoms with E-state index in [1.54, 1.807) is 0 Å². The van der Waals surface area contributed by atoms with Crippen molar-refractivity contribution in [2.45, 2.75) is 37.9 Å². The highest BCUT2D eigenvalue weighted by molar-refractivity contribution is 6.00. The van der Waals surface area contributed by atoms with Crippen molar-refractivity contribution < 1.29 is 18.0 Å². The molecule has 3 nitrogen and oxygen atoms in total. The maximum absolute atomic E-state index is 14.5. The Morgan fingerprint density at radius 1 is 1.24 bits per heavy atom. The smallest absolute Gasteiger partial charge is 0.236 e. The third-order valence-corrected chi connectivity index (χ3v) is 4.60. The highest BCUT2D eigenvalue weighted by Gasteiger charge is 2.56. The average Bonchev–Trinajstić information content (AvgIpc) is 2.63. The molecule has 2 aliphatic rings. The molecule has 1 aliphatic heterocycles. The Morgan fingerprint density at radius 3 is 2.52 bits per heavy atom. The van der Waals surface area contributed by atoms with Gasteiger partial charge in [0.25, 0.3) is 0 Å². The lowest BCUT2D eigenvalue weighted by molar-refractivity contribution is -0.129. The molecule has 1 aromatic carbocycles. The van der Waals surface area contributed by atoms with Gasteiger partial charge in [-0.15, -0.1) is 0 Å². The zero-order valence-corrected chi connectivity index (χ0v) is 11.5. The van der Waals surface area contributed by atoms with Crippen LogP contribution in [-0.4, -0.2) is 24.7 Å². The second kappa shape index (κ2) is 5.02. The minimum Gasteiger partial charge on any atom is -0.328 e. The summed E-state index contributed by atoms with van der Waals surface area (Å²) in [6.07, 6.45) is 0.841. The van der Waals surface area contributed by atoms with Gasteiger partial charge in [-0.3, -0.25) is 4.79 Å². The summed E-state index contributed by atoms with van der Waals surface area (Å²) in [6.45, 7) is -0.172. The zero-order valence-electron chi connectivity index (χ0n) is 11.5. The summed E-state index contributed by atoms with van der Waals surface area (Å²) >= 11 is 0. The van der Waals surface area contributed by atoms with Crippen molar-refractivity contribution in [2.24, 2.45) is 11.1 Å². The molecule has 3 atom stereocenters. The van der Waals surface area contributed by atoms with E-state index < -0.39 is 29.1 Å². The zero-order chi connectivity index (χ0) is 15.2. The molecule has 0 radical (unpaired) electrons. The fourth-order valence-electron chi connectivity index (χ4n) is 3.57. The van der Waals surface area contributed by atoms with Gasteiger partial charge < -0.3 is 10.6 Å². The Morgan fingerprint density at radius 2 is 1.90 bits per heavy atom. The maximum Gasteiger partial charge on any atom is 0.236 e. The third kappa shape index (κ3) is 2.31. The highest BCUT2D eigenvalue weighted by Crippen LogP contribution is 2.47. The van der Waals surface area contributed by atoms with Crippen molar-refractivity contribution in [1.29, 1.82) is 0 Å². The molecular weight excluding hydrogens is 281 g/mol. The second-order valence-electron chi connectivity index (χ2n) is 6.02. The minimum atomic E-state index is -1.36. The van der Waals surface area contributed by atoms with Crippen molar-refractivity contribution in [3.63, 3.8) is 0 Å². The van der Waals surface area contributed by atoms with Crippen LogP contribution in [0.1, 0.15) is 25.7 Å².